The number of hydrogen-bond donors (Lipinski definition) is 1. The molecule has 1 aromatic carbocycles. The van der Waals surface area contributed by atoms with Gasteiger partial charge in [0, 0.05) is 18.7 Å². The Labute approximate surface area is 109 Å². The Morgan fingerprint density at radius 2 is 2.00 bits per heavy atom. The van der Waals surface area contributed by atoms with Crippen molar-refractivity contribution in [3.8, 4) is 5.75 Å². The van der Waals surface area contributed by atoms with E-state index in [1.165, 1.54) is 6.42 Å². The third kappa shape index (κ3) is 2.85. The van der Waals surface area contributed by atoms with E-state index in [0.717, 1.165) is 11.3 Å². The first-order valence-electron chi connectivity index (χ1n) is 6.52. The van der Waals surface area contributed by atoms with Gasteiger partial charge in [-0.2, -0.15) is 0 Å². The Morgan fingerprint density at radius 3 is 2.61 bits per heavy atom. The molecule has 3 nitrogen and oxygen atoms in total. The fraction of sp³-hybridized carbons (Fsp3) is 0.600. The summed E-state index contributed by atoms with van der Waals surface area (Å²) < 4.78 is 10.7. The molecule has 1 aromatic rings. The number of nitrogens with two attached hydrogens (primary N) is 1. The topological polar surface area (TPSA) is 44.5 Å². The molecule has 0 bridgehead atoms. The lowest BCUT2D eigenvalue weighted by molar-refractivity contribution is 0.145. The van der Waals surface area contributed by atoms with Crippen molar-refractivity contribution in [3.05, 3.63) is 29.8 Å². The summed E-state index contributed by atoms with van der Waals surface area (Å²) in [5, 5.41) is 0. The molecule has 100 valence electrons. The van der Waals surface area contributed by atoms with Gasteiger partial charge >= 0.3 is 0 Å². The second-order valence-electron chi connectivity index (χ2n) is 5.70. The molecule has 0 aliphatic heterocycles. The highest BCUT2D eigenvalue weighted by atomic mass is 16.5. The highest BCUT2D eigenvalue weighted by Gasteiger charge is 2.49. The fourth-order valence-electron chi connectivity index (χ4n) is 2.46. The van der Waals surface area contributed by atoms with E-state index < -0.39 is 0 Å². The van der Waals surface area contributed by atoms with E-state index in [-0.39, 0.29) is 6.04 Å². The minimum Gasteiger partial charge on any atom is -0.491 e. The van der Waals surface area contributed by atoms with Crippen molar-refractivity contribution >= 4 is 0 Å². The maximum atomic E-state index is 6.37. The van der Waals surface area contributed by atoms with Crippen LogP contribution < -0.4 is 10.5 Å². The van der Waals surface area contributed by atoms with E-state index in [1.807, 2.05) is 18.2 Å². The average Bonchev–Trinajstić information content (AvgIpc) is 2.99. The molecule has 1 aliphatic carbocycles. The molecule has 2 unspecified atom stereocenters. The van der Waals surface area contributed by atoms with Gasteiger partial charge in [0.25, 0.3) is 0 Å². The third-order valence-electron chi connectivity index (χ3n) is 3.85. The summed E-state index contributed by atoms with van der Waals surface area (Å²) in [6, 6.07) is 8.13. The van der Waals surface area contributed by atoms with Crippen molar-refractivity contribution in [1.82, 2.24) is 0 Å². The van der Waals surface area contributed by atoms with Crippen LogP contribution in [0, 0.1) is 11.3 Å². The lowest BCUT2D eigenvalue weighted by atomic mass is 9.97. The maximum absolute atomic E-state index is 6.37. The van der Waals surface area contributed by atoms with Crippen LogP contribution in [-0.4, -0.2) is 20.3 Å². The van der Waals surface area contributed by atoms with Crippen LogP contribution in [0.15, 0.2) is 24.3 Å². The number of hydrogen-bond acceptors (Lipinski definition) is 3. The molecule has 2 atom stereocenters. The van der Waals surface area contributed by atoms with E-state index in [9.17, 15) is 0 Å². The zero-order valence-electron chi connectivity index (χ0n) is 11.5. The summed E-state index contributed by atoms with van der Waals surface area (Å²) in [6.45, 7) is 5.70. The number of methoxy groups -OCH3 is 1. The zero-order valence-corrected chi connectivity index (χ0v) is 11.5. The second-order valence-corrected chi connectivity index (χ2v) is 5.70. The van der Waals surface area contributed by atoms with Crippen LogP contribution >= 0.6 is 0 Å². The fourth-order valence-corrected chi connectivity index (χ4v) is 2.46. The molecule has 1 fully saturated rings. The molecule has 3 heteroatoms. The van der Waals surface area contributed by atoms with Crippen LogP contribution in [0.4, 0.5) is 0 Å². The molecule has 0 spiro atoms. The predicted molar refractivity (Wildman–Crippen MR) is 72.6 cm³/mol. The molecule has 0 radical (unpaired) electrons. The molecule has 2 N–H and O–H groups in total. The Kier molecular flexibility index (Phi) is 3.93. The standard InChI is InChI=1S/C15H23NO2/c1-15(2)10-12(15)14(16)11-6-4-5-7-13(11)18-9-8-17-3/h4-7,12,14H,8-10,16H2,1-3H3. The van der Waals surface area contributed by atoms with Crippen LogP contribution in [0.2, 0.25) is 0 Å². The highest BCUT2D eigenvalue weighted by molar-refractivity contribution is 5.37. The Hall–Kier alpha value is -1.06. The van der Waals surface area contributed by atoms with Gasteiger partial charge in [0.1, 0.15) is 12.4 Å². The van der Waals surface area contributed by atoms with E-state index in [1.54, 1.807) is 7.11 Å². The molecule has 1 saturated carbocycles. The van der Waals surface area contributed by atoms with E-state index in [0.29, 0.717) is 24.5 Å². The van der Waals surface area contributed by atoms with Gasteiger partial charge < -0.3 is 15.2 Å². The van der Waals surface area contributed by atoms with Gasteiger partial charge in [0.05, 0.1) is 6.61 Å². The smallest absolute Gasteiger partial charge is 0.124 e. The van der Waals surface area contributed by atoms with E-state index in [4.69, 9.17) is 15.2 Å². The zero-order chi connectivity index (χ0) is 13.2. The van der Waals surface area contributed by atoms with E-state index in [2.05, 4.69) is 19.9 Å². The van der Waals surface area contributed by atoms with E-state index >= 15 is 0 Å². The quantitative estimate of drug-likeness (QED) is 0.788. The van der Waals surface area contributed by atoms with Crippen molar-refractivity contribution in [3.63, 3.8) is 0 Å². The van der Waals surface area contributed by atoms with Gasteiger partial charge in [-0.25, -0.2) is 0 Å². The summed E-state index contributed by atoms with van der Waals surface area (Å²) in [7, 11) is 1.67. The Bertz CT molecular complexity index is 403. The maximum Gasteiger partial charge on any atom is 0.124 e. The predicted octanol–water partition coefficient (Wildman–Crippen LogP) is 2.76. The summed E-state index contributed by atoms with van der Waals surface area (Å²) in [4.78, 5) is 0. The number of ether oxygens (including phenoxy) is 2. The summed E-state index contributed by atoms with van der Waals surface area (Å²) in [6.07, 6.45) is 1.20. The van der Waals surface area contributed by atoms with Crippen LogP contribution in [0.25, 0.3) is 0 Å². The molecule has 0 aromatic heterocycles. The lowest BCUT2D eigenvalue weighted by Gasteiger charge is -2.18. The summed E-state index contributed by atoms with van der Waals surface area (Å²) in [5.74, 6) is 1.45. The molecular weight excluding hydrogens is 226 g/mol. The first-order valence-corrected chi connectivity index (χ1v) is 6.52. The summed E-state index contributed by atoms with van der Waals surface area (Å²) >= 11 is 0. The molecule has 0 heterocycles. The van der Waals surface area contributed by atoms with Crippen molar-refractivity contribution in [1.29, 1.82) is 0 Å². The summed E-state index contributed by atoms with van der Waals surface area (Å²) in [5.41, 5.74) is 7.86. The molecule has 2 rings (SSSR count). The Balaban J connectivity index is 2.07. The average molecular weight is 249 g/mol. The van der Waals surface area contributed by atoms with Crippen molar-refractivity contribution < 1.29 is 9.47 Å². The molecule has 0 amide bonds. The molecule has 1 aliphatic rings. The Morgan fingerprint density at radius 1 is 1.33 bits per heavy atom. The van der Waals surface area contributed by atoms with Crippen LogP contribution in [-0.2, 0) is 4.74 Å². The monoisotopic (exact) mass is 249 g/mol. The molecule has 0 saturated heterocycles. The second kappa shape index (κ2) is 5.29. The number of benzene rings is 1. The van der Waals surface area contributed by atoms with Gasteiger partial charge in [-0.05, 0) is 23.8 Å². The van der Waals surface area contributed by atoms with Crippen molar-refractivity contribution in [2.45, 2.75) is 26.3 Å². The van der Waals surface area contributed by atoms with Gasteiger partial charge in [-0.15, -0.1) is 0 Å². The van der Waals surface area contributed by atoms with Crippen molar-refractivity contribution in [2.75, 3.05) is 20.3 Å². The number of rotatable bonds is 6. The molecular formula is C15H23NO2. The van der Waals surface area contributed by atoms with Gasteiger partial charge in [0.15, 0.2) is 0 Å². The first-order chi connectivity index (χ1) is 8.56. The lowest BCUT2D eigenvalue weighted by Crippen LogP contribution is -2.17. The van der Waals surface area contributed by atoms with Crippen LogP contribution in [0.1, 0.15) is 31.9 Å². The van der Waals surface area contributed by atoms with Crippen LogP contribution in [0.3, 0.4) is 0 Å². The normalized spacial score (nSPS) is 22.6. The van der Waals surface area contributed by atoms with Gasteiger partial charge in [-0.3, -0.25) is 0 Å². The molecule has 18 heavy (non-hydrogen) atoms. The van der Waals surface area contributed by atoms with Gasteiger partial charge in [0.2, 0.25) is 0 Å². The minimum atomic E-state index is 0.0683. The highest BCUT2D eigenvalue weighted by Crippen LogP contribution is 2.57. The minimum absolute atomic E-state index is 0.0683. The van der Waals surface area contributed by atoms with Crippen molar-refractivity contribution in [2.24, 2.45) is 17.1 Å². The first kappa shape index (κ1) is 13.4. The van der Waals surface area contributed by atoms with Crippen LogP contribution in [0.5, 0.6) is 5.75 Å². The SMILES string of the molecule is COCCOc1ccccc1C(N)C1CC1(C)C. The third-order valence-corrected chi connectivity index (χ3v) is 3.85. The van der Waals surface area contributed by atoms with Gasteiger partial charge in [-0.1, -0.05) is 32.0 Å². The number of para-hydroxylation sites is 1. The largest absolute Gasteiger partial charge is 0.491 e.